The molecule has 5 amide bonds. The number of fused-ring (bicyclic) bond motifs is 4. The maximum absolute atomic E-state index is 15.5. The molecule has 3 aromatic rings. The molecule has 0 saturated carbocycles. The van der Waals surface area contributed by atoms with E-state index in [1.807, 2.05) is 32.1 Å². The second-order valence-corrected chi connectivity index (χ2v) is 18.7. The van der Waals surface area contributed by atoms with E-state index < -0.39 is 24.2 Å². The summed E-state index contributed by atoms with van der Waals surface area (Å²) in [5.41, 5.74) is 5.17. The second kappa shape index (κ2) is 22.4. The predicted molar refractivity (Wildman–Crippen MR) is 254 cm³/mol. The Bertz CT molecular complexity index is 2550. The van der Waals surface area contributed by atoms with Crippen molar-refractivity contribution in [2.75, 3.05) is 27.2 Å². The van der Waals surface area contributed by atoms with Gasteiger partial charge in [0.05, 0.1) is 36.1 Å². The molecule has 0 bridgehead atoms. The van der Waals surface area contributed by atoms with Crippen molar-refractivity contribution in [3.8, 4) is 11.4 Å². The Morgan fingerprint density at radius 2 is 1.79 bits per heavy atom. The number of ether oxygens (including phenoxy) is 2. The normalized spacial score (nSPS) is 19.7. The number of allylic oxidation sites excluding steroid dienone is 1. The zero-order valence-electron chi connectivity index (χ0n) is 40.0. The van der Waals surface area contributed by atoms with Crippen LogP contribution in [0.15, 0.2) is 41.2 Å². The highest BCUT2D eigenvalue weighted by molar-refractivity contribution is 6.12. The van der Waals surface area contributed by atoms with Crippen molar-refractivity contribution in [3.05, 3.63) is 86.0 Å². The van der Waals surface area contributed by atoms with Crippen LogP contribution < -0.4 is 16.2 Å². The predicted octanol–water partition coefficient (Wildman–Crippen LogP) is 7.16. The van der Waals surface area contributed by atoms with E-state index in [0.29, 0.717) is 111 Å². The average Bonchev–Trinajstić information content (AvgIpc) is 3.84. The number of halogens is 1. The summed E-state index contributed by atoms with van der Waals surface area (Å²) in [6.07, 6.45) is 14.8. The number of methoxy groups -OCH3 is 1. The van der Waals surface area contributed by atoms with Gasteiger partial charge in [0.15, 0.2) is 0 Å². The fourth-order valence-corrected chi connectivity index (χ4v) is 10.3. The lowest BCUT2D eigenvalue weighted by molar-refractivity contribution is -0.137. The summed E-state index contributed by atoms with van der Waals surface area (Å²) in [6.45, 7) is 6.71. The highest BCUT2D eigenvalue weighted by Gasteiger charge is 2.38. The quantitative estimate of drug-likeness (QED) is 0.0399. The third-order valence-electron chi connectivity index (χ3n) is 14.2. The molecule has 5 atom stereocenters. The minimum atomic E-state index is -0.554. The molecule has 68 heavy (non-hydrogen) atoms. The first-order chi connectivity index (χ1) is 32.8. The first-order valence-electron chi connectivity index (χ1n) is 24.3. The molecule has 2 aliphatic carbocycles. The lowest BCUT2D eigenvalue weighted by Crippen LogP contribution is -2.37. The van der Waals surface area contributed by atoms with Crippen LogP contribution in [-0.2, 0) is 53.0 Å². The van der Waals surface area contributed by atoms with Crippen molar-refractivity contribution in [1.82, 2.24) is 30.0 Å². The Labute approximate surface area is 396 Å². The summed E-state index contributed by atoms with van der Waals surface area (Å²) >= 11 is 0. The van der Waals surface area contributed by atoms with Crippen molar-refractivity contribution in [2.24, 2.45) is 5.92 Å². The molecule has 1 aromatic carbocycles. The number of nitrogens with zero attached hydrogens (tertiary/aromatic N) is 4. The zero-order valence-corrected chi connectivity index (χ0v) is 40.0. The zero-order chi connectivity index (χ0) is 48.6. The van der Waals surface area contributed by atoms with E-state index in [1.165, 1.54) is 30.2 Å². The van der Waals surface area contributed by atoms with E-state index in [-0.39, 0.29) is 60.1 Å². The van der Waals surface area contributed by atoms with Gasteiger partial charge in [-0.15, -0.1) is 0 Å². The van der Waals surface area contributed by atoms with Crippen LogP contribution in [-0.4, -0.2) is 94.8 Å². The maximum Gasteiger partial charge on any atom is 0.410 e. The Balaban J connectivity index is 0.927. The highest BCUT2D eigenvalue weighted by Crippen LogP contribution is 2.47. The fraction of sp³-hybridized carbons (Fsp3) is 0.538. The number of carbonyl (C=O) groups excluding carboxylic acids is 6. The summed E-state index contributed by atoms with van der Waals surface area (Å²) in [6, 6.07) is 2.78. The molecule has 2 aromatic heterocycles. The van der Waals surface area contributed by atoms with E-state index in [9.17, 15) is 33.6 Å². The molecule has 16 heteroatoms. The molecule has 4 heterocycles. The monoisotopic (exact) mass is 936 g/mol. The van der Waals surface area contributed by atoms with Crippen molar-refractivity contribution in [1.29, 1.82) is 0 Å². The Hall–Kier alpha value is -6.03. The van der Waals surface area contributed by atoms with Gasteiger partial charge >= 0.3 is 6.09 Å². The van der Waals surface area contributed by atoms with Crippen LogP contribution >= 0.6 is 0 Å². The molecule has 0 radical (unpaired) electrons. The standard InChI is InChI=1S/C52H65FN6O9/c1-6-33(29-60)37-26-43-49-38(28-59(43)51(65)39(37)30-67-5)48-42(21-20-36-32(3)40(53)27-41(56-49)47(36)48)57(4)52(66)68-35-16-10-9-15-34(18-19-35)50(64)54-24-12-11-14-31(2)55-44(61)17-8-7-13-25-58-45(62)22-23-46(58)63/h10,16,22-23,26-27,29,31,33-35,42H,6-9,11-15,17-21,24-25,28,30H2,1-5H3,(H,54,64)(H,55,61)/b16-10+. The van der Waals surface area contributed by atoms with E-state index in [4.69, 9.17) is 14.5 Å². The number of pyridine rings is 2. The van der Waals surface area contributed by atoms with Gasteiger partial charge in [0.2, 0.25) is 11.8 Å². The van der Waals surface area contributed by atoms with Crippen LogP contribution in [0, 0.1) is 18.7 Å². The molecule has 4 aliphatic rings. The Kier molecular flexibility index (Phi) is 16.4. The van der Waals surface area contributed by atoms with Crippen molar-refractivity contribution in [3.63, 3.8) is 0 Å². The maximum atomic E-state index is 15.5. The van der Waals surface area contributed by atoms with E-state index in [0.717, 1.165) is 54.0 Å². The number of hydrogen-bond acceptors (Lipinski definition) is 10. The van der Waals surface area contributed by atoms with Gasteiger partial charge < -0.3 is 34.4 Å². The highest BCUT2D eigenvalue weighted by atomic mass is 19.1. The van der Waals surface area contributed by atoms with Gasteiger partial charge in [0, 0.05) is 86.3 Å². The van der Waals surface area contributed by atoms with Gasteiger partial charge in [-0.05, 0) is 125 Å². The molecule has 0 fully saturated rings. The minimum Gasteiger partial charge on any atom is -0.442 e. The van der Waals surface area contributed by atoms with Gasteiger partial charge in [-0.2, -0.15) is 0 Å². The van der Waals surface area contributed by atoms with E-state index in [1.54, 1.807) is 23.4 Å². The minimum absolute atomic E-state index is 0.00965. The number of amides is 5. The average molecular weight is 937 g/mol. The molecule has 7 rings (SSSR count). The number of imide groups is 1. The number of aromatic nitrogens is 2. The lowest BCUT2D eigenvalue weighted by atomic mass is 9.81. The number of hydrogen-bond donors (Lipinski definition) is 2. The third-order valence-corrected chi connectivity index (χ3v) is 14.2. The van der Waals surface area contributed by atoms with Crippen LogP contribution in [0.4, 0.5) is 9.18 Å². The van der Waals surface area contributed by atoms with Crippen molar-refractivity contribution < 1.29 is 42.6 Å². The van der Waals surface area contributed by atoms with Crippen LogP contribution in [0.2, 0.25) is 0 Å². The van der Waals surface area contributed by atoms with Gasteiger partial charge in [-0.3, -0.25) is 28.9 Å². The fourth-order valence-electron chi connectivity index (χ4n) is 10.3. The lowest BCUT2D eigenvalue weighted by Gasteiger charge is -2.35. The van der Waals surface area contributed by atoms with E-state index >= 15 is 4.39 Å². The summed E-state index contributed by atoms with van der Waals surface area (Å²) < 4.78 is 28.7. The second-order valence-electron chi connectivity index (χ2n) is 18.7. The number of nitrogens with one attached hydrogen (secondary N) is 2. The molecule has 364 valence electrons. The van der Waals surface area contributed by atoms with Gasteiger partial charge in [0.25, 0.3) is 17.4 Å². The summed E-state index contributed by atoms with van der Waals surface area (Å²) in [5, 5.41) is 6.91. The molecule has 2 aliphatic heterocycles. The van der Waals surface area contributed by atoms with Crippen molar-refractivity contribution >= 4 is 46.9 Å². The largest absolute Gasteiger partial charge is 0.442 e. The molecular weight excluding hydrogens is 872 g/mol. The van der Waals surface area contributed by atoms with Gasteiger partial charge in [0.1, 0.15) is 18.2 Å². The topological polar surface area (TPSA) is 186 Å². The van der Waals surface area contributed by atoms with E-state index in [2.05, 4.69) is 10.6 Å². The van der Waals surface area contributed by atoms with Gasteiger partial charge in [-0.1, -0.05) is 19.4 Å². The number of aryl methyl sites for hydroxylation is 1. The molecule has 0 spiro atoms. The number of carbonyl (C=O) groups is 6. The number of benzene rings is 1. The Morgan fingerprint density at radius 3 is 2.53 bits per heavy atom. The summed E-state index contributed by atoms with van der Waals surface area (Å²) in [5.74, 6) is -1.77. The molecule has 2 N–H and O–H groups in total. The van der Waals surface area contributed by atoms with Crippen LogP contribution in [0.1, 0.15) is 143 Å². The first kappa shape index (κ1) is 49.9. The molecular formula is C52H65FN6O9. The first-order valence-corrected chi connectivity index (χ1v) is 24.3. The SMILES string of the molecule is CCC(C=O)c1cc2n(c(=O)c1COC)Cc1c-2nc2cc(F)c(C)c3c2c1C(N(C)C(=O)OC1/C=C/CCC(C(=O)NCCCCC(C)NC(=O)CCCCCN2C(=O)C=CC2=O)CC1)CC3. The summed E-state index contributed by atoms with van der Waals surface area (Å²) in [4.78, 5) is 97.5. The Morgan fingerprint density at radius 1 is 1.01 bits per heavy atom. The van der Waals surface area contributed by atoms with Crippen LogP contribution in [0.3, 0.4) is 0 Å². The number of unbranched alkanes of at least 4 members (excludes halogenated alkanes) is 3. The number of rotatable bonds is 20. The molecule has 0 saturated heterocycles. The van der Waals surface area contributed by atoms with Crippen LogP contribution in [0.25, 0.3) is 22.3 Å². The third kappa shape index (κ3) is 10.8. The van der Waals surface area contributed by atoms with Gasteiger partial charge in [-0.25, -0.2) is 14.2 Å². The molecule has 5 unspecified atom stereocenters. The summed E-state index contributed by atoms with van der Waals surface area (Å²) in [7, 11) is 3.21. The van der Waals surface area contributed by atoms with Crippen molar-refractivity contribution in [2.45, 2.75) is 148 Å². The number of aldehydes is 1. The molecule has 15 nitrogen and oxygen atoms in total. The van der Waals surface area contributed by atoms with Crippen LogP contribution in [0.5, 0.6) is 0 Å². The smallest absolute Gasteiger partial charge is 0.410 e.